The number of anilines is 1. The highest BCUT2D eigenvalue weighted by Crippen LogP contribution is 2.31. The number of aromatic nitrogens is 1. The van der Waals surface area contributed by atoms with Crippen molar-refractivity contribution in [3.63, 3.8) is 0 Å². The van der Waals surface area contributed by atoms with Gasteiger partial charge >= 0.3 is 6.18 Å². The highest BCUT2D eigenvalue weighted by atomic mass is 32.1. The second kappa shape index (κ2) is 6.03. The molecule has 0 saturated carbocycles. The van der Waals surface area contributed by atoms with E-state index in [1.165, 1.54) is 23.5 Å². The molecule has 1 aromatic carbocycles. The quantitative estimate of drug-likeness (QED) is 0.929. The Hall–Kier alpha value is -1.60. The zero-order valence-electron chi connectivity index (χ0n) is 11.7. The summed E-state index contributed by atoms with van der Waals surface area (Å²) in [5.41, 5.74) is 5.79. The number of nitrogen functional groups attached to an aromatic ring is 1. The average molecular weight is 315 g/mol. The van der Waals surface area contributed by atoms with Gasteiger partial charge in [-0.15, -0.1) is 11.3 Å². The minimum Gasteiger partial charge on any atom is -0.375 e. The SMILES string of the molecule is CC(c1ccc(C(F)(F)F)cc1)N(C)Cc1cnc(N)s1. The van der Waals surface area contributed by atoms with E-state index in [9.17, 15) is 13.2 Å². The van der Waals surface area contributed by atoms with Gasteiger partial charge in [0.1, 0.15) is 0 Å². The Morgan fingerprint density at radius 2 is 1.90 bits per heavy atom. The summed E-state index contributed by atoms with van der Waals surface area (Å²) >= 11 is 1.41. The van der Waals surface area contributed by atoms with Crippen LogP contribution in [0, 0.1) is 0 Å². The number of hydrogen-bond donors (Lipinski definition) is 1. The summed E-state index contributed by atoms with van der Waals surface area (Å²) in [6.07, 6.45) is -2.58. The Labute approximate surface area is 125 Å². The topological polar surface area (TPSA) is 42.2 Å². The van der Waals surface area contributed by atoms with Gasteiger partial charge in [-0.3, -0.25) is 4.90 Å². The highest BCUT2D eigenvalue weighted by molar-refractivity contribution is 7.15. The van der Waals surface area contributed by atoms with Crippen molar-refractivity contribution in [1.82, 2.24) is 9.88 Å². The van der Waals surface area contributed by atoms with Crippen molar-refractivity contribution in [2.75, 3.05) is 12.8 Å². The third kappa shape index (κ3) is 3.95. The Bertz CT molecular complexity index is 592. The van der Waals surface area contributed by atoms with Gasteiger partial charge in [-0.1, -0.05) is 12.1 Å². The Morgan fingerprint density at radius 3 is 2.38 bits per heavy atom. The fraction of sp³-hybridized carbons (Fsp3) is 0.357. The van der Waals surface area contributed by atoms with Crippen molar-refractivity contribution < 1.29 is 13.2 Å². The molecule has 1 aromatic heterocycles. The third-order valence-corrected chi connectivity index (χ3v) is 4.17. The molecule has 0 aliphatic heterocycles. The summed E-state index contributed by atoms with van der Waals surface area (Å²) in [7, 11) is 1.91. The van der Waals surface area contributed by atoms with Gasteiger partial charge in [0.15, 0.2) is 5.13 Å². The van der Waals surface area contributed by atoms with E-state index in [1.54, 1.807) is 6.20 Å². The van der Waals surface area contributed by atoms with E-state index in [0.717, 1.165) is 22.6 Å². The minimum atomic E-state index is -4.30. The molecule has 0 fully saturated rings. The number of nitrogens with two attached hydrogens (primary N) is 1. The lowest BCUT2D eigenvalue weighted by atomic mass is 10.0. The standard InChI is InChI=1S/C14H16F3N3S/c1-9(20(2)8-12-7-19-13(18)21-12)10-3-5-11(6-4-10)14(15,16)17/h3-7,9H,8H2,1-2H3,(H2,18,19). The maximum Gasteiger partial charge on any atom is 0.416 e. The molecule has 0 radical (unpaired) electrons. The molecule has 0 aliphatic rings. The van der Waals surface area contributed by atoms with E-state index in [0.29, 0.717) is 11.7 Å². The smallest absolute Gasteiger partial charge is 0.375 e. The predicted molar refractivity (Wildman–Crippen MR) is 77.9 cm³/mol. The van der Waals surface area contributed by atoms with Crippen LogP contribution in [0.5, 0.6) is 0 Å². The van der Waals surface area contributed by atoms with E-state index in [2.05, 4.69) is 4.98 Å². The van der Waals surface area contributed by atoms with Crippen LogP contribution >= 0.6 is 11.3 Å². The summed E-state index contributed by atoms with van der Waals surface area (Å²) in [6, 6.07) is 5.26. The monoisotopic (exact) mass is 315 g/mol. The fourth-order valence-corrected chi connectivity index (χ4v) is 2.73. The molecule has 0 amide bonds. The number of alkyl halides is 3. The van der Waals surface area contributed by atoms with Crippen LogP contribution in [0.25, 0.3) is 0 Å². The molecule has 2 rings (SSSR count). The molecule has 1 heterocycles. The van der Waals surface area contributed by atoms with Gasteiger partial charge < -0.3 is 5.73 Å². The molecular formula is C14H16F3N3S. The van der Waals surface area contributed by atoms with Crippen LogP contribution in [-0.2, 0) is 12.7 Å². The first-order chi connectivity index (χ1) is 9.77. The van der Waals surface area contributed by atoms with E-state index in [4.69, 9.17) is 5.73 Å². The highest BCUT2D eigenvalue weighted by Gasteiger charge is 2.30. The zero-order chi connectivity index (χ0) is 15.6. The molecule has 21 heavy (non-hydrogen) atoms. The summed E-state index contributed by atoms with van der Waals surface area (Å²) in [4.78, 5) is 7.04. The molecule has 2 N–H and O–H groups in total. The first-order valence-corrected chi connectivity index (χ1v) is 7.16. The number of benzene rings is 1. The maximum absolute atomic E-state index is 12.5. The minimum absolute atomic E-state index is 0.00407. The van der Waals surface area contributed by atoms with E-state index in [-0.39, 0.29) is 6.04 Å². The van der Waals surface area contributed by atoms with Gasteiger partial charge in [0.2, 0.25) is 0 Å². The van der Waals surface area contributed by atoms with Crippen molar-refractivity contribution >= 4 is 16.5 Å². The number of halogens is 3. The van der Waals surface area contributed by atoms with Crippen LogP contribution < -0.4 is 5.73 Å². The van der Waals surface area contributed by atoms with Gasteiger partial charge in [-0.25, -0.2) is 4.98 Å². The summed E-state index contributed by atoms with van der Waals surface area (Å²) in [6.45, 7) is 2.60. The van der Waals surface area contributed by atoms with Crippen molar-refractivity contribution in [3.05, 3.63) is 46.5 Å². The van der Waals surface area contributed by atoms with Crippen LogP contribution in [-0.4, -0.2) is 16.9 Å². The van der Waals surface area contributed by atoms with E-state index in [1.807, 2.05) is 18.9 Å². The Morgan fingerprint density at radius 1 is 1.29 bits per heavy atom. The maximum atomic E-state index is 12.5. The molecular weight excluding hydrogens is 299 g/mol. The fourth-order valence-electron chi connectivity index (χ4n) is 1.98. The van der Waals surface area contributed by atoms with Crippen molar-refractivity contribution in [2.45, 2.75) is 25.7 Å². The normalized spacial score (nSPS) is 13.6. The first kappa shape index (κ1) is 15.8. The van der Waals surface area contributed by atoms with E-state index >= 15 is 0 Å². The summed E-state index contributed by atoms with van der Waals surface area (Å²) in [5, 5.41) is 0.514. The lowest BCUT2D eigenvalue weighted by molar-refractivity contribution is -0.137. The lowest BCUT2D eigenvalue weighted by Gasteiger charge is -2.24. The molecule has 0 bridgehead atoms. The average Bonchev–Trinajstić information content (AvgIpc) is 2.82. The summed E-state index contributed by atoms with van der Waals surface area (Å²) in [5.74, 6) is 0. The number of thiazole rings is 1. The van der Waals surface area contributed by atoms with Gasteiger partial charge in [0.05, 0.1) is 5.56 Å². The molecule has 1 atom stereocenters. The van der Waals surface area contributed by atoms with Gasteiger partial charge in [-0.05, 0) is 31.7 Å². The molecule has 3 nitrogen and oxygen atoms in total. The van der Waals surface area contributed by atoms with Crippen LogP contribution in [0.15, 0.2) is 30.5 Å². The third-order valence-electron chi connectivity index (χ3n) is 3.36. The summed E-state index contributed by atoms with van der Waals surface area (Å²) < 4.78 is 37.6. The first-order valence-electron chi connectivity index (χ1n) is 6.35. The Balaban J connectivity index is 2.06. The molecule has 114 valence electrons. The van der Waals surface area contributed by atoms with Gasteiger partial charge in [-0.2, -0.15) is 13.2 Å². The lowest BCUT2D eigenvalue weighted by Crippen LogP contribution is -2.21. The van der Waals surface area contributed by atoms with E-state index < -0.39 is 11.7 Å². The van der Waals surface area contributed by atoms with Crippen LogP contribution in [0.1, 0.15) is 29.0 Å². The largest absolute Gasteiger partial charge is 0.416 e. The van der Waals surface area contributed by atoms with Crippen molar-refractivity contribution in [2.24, 2.45) is 0 Å². The zero-order valence-corrected chi connectivity index (χ0v) is 12.5. The molecule has 1 unspecified atom stereocenters. The van der Waals surface area contributed by atoms with Gasteiger partial charge in [0, 0.05) is 23.7 Å². The van der Waals surface area contributed by atoms with Crippen LogP contribution in [0.4, 0.5) is 18.3 Å². The molecule has 2 aromatic rings. The second-order valence-electron chi connectivity index (χ2n) is 4.88. The number of nitrogens with zero attached hydrogens (tertiary/aromatic N) is 2. The molecule has 0 spiro atoms. The number of hydrogen-bond acceptors (Lipinski definition) is 4. The number of rotatable bonds is 4. The van der Waals surface area contributed by atoms with Crippen LogP contribution in [0.3, 0.4) is 0 Å². The Kier molecular flexibility index (Phi) is 4.53. The van der Waals surface area contributed by atoms with Crippen molar-refractivity contribution in [3.8, 4) is 0 Å². The van der Waals surface area contributed by atoms with Crippen LogP contribution in [0.2, 0.25) is 0 Å². The molecule has 7 heteroatoms. The second-order valence-corrected chi connectivity index (χ2v) is 6.02. The predicted octanol–water partition coefficient (Wildman–Crippen LogP) is 3.94. The molecule has 0 saturated heterocycles. The van der Waals surface area contributed by atoms with Gasteiger partial charge in [0.25, 0.3) is 0 Å². The molecule has 0 aliphatic carbocycles. The van der Waals surface area contributed by atoms with Crippen molar-refractivity contribution in [1.29, 1.82) is 0 Å².